The number of nitrogens with one attached hydrogen (secondary N) is 1. The van der Waals surface area contributed by atoms with Gasteiger partial charge in [-0.15, -0.1) is 0 Å². The first-order valence-corrected chi connectivity index (χ1v) is 13.6. The number of fused-ring (bicyclic) bond motifs is 5. The van der Waals surface area contributed by atoms with Crippen LogP contribution in [0.4, 0.5) is 4.39 Å². The monoisotopic (exact) mass is 537 g/mol. The van der Waals surface area contributed by atoms with Gasteiger partial charge in [-0.25, -0.2) is 9.37 Å². The number of pyridine rings is 2. The molecule has 7 nitrogen and oxygen atoms in total. The van der Waals surface area contributed by atoms with Gasteiger partial charge in [0.25, 0.3) is 5.56 Å². The van der Waals surface area contributed by atoms with Crippen LogP contribution >= 0.6 is 11.6 Å². The molecule has 3 heterocycles. The summed E-state index contributed by atoms with van der Waals surface area (Å²) < 4.78 is 16.5. The van der Waals surface area contributed by atoms with E-state index in [1.54, 1.807) is 17.6 Å². The van der Waals surface area contributed by atoms with Crippen LogP contribution < -0.4 is 10.9 Å². The highest BCUT2D eigenvalue weighted by Gasteiger charge is 2.44. The van der Waals surface area contributed by atoms with Crippen LogP contribution in [-0.2, 0) is 34.6 Å². The van der Waals surface area contributed by atoms with Crippen molar-refractivity contribution in [1.29, 1.82) is 0 Å². The molecule has 0 saturated carbocycles. The molecule has 2 aromatic heterocycles. The Bertz CT molecular complexity index is 1630. The lowest BCUT2D eigenvalue weighted by Crippen LogP contribution is -2.43. The molecule has 1 aliphatic heterocycles. The number of carbonyl (C=O) groups is 2. The number of hydrogen-bond donors (Lipinski definition) is 2. The predicted octanol–water partition coefficient (Wildman–Crippen LogP) is 4.48. The van der Waals surface area contributed by atoms with Crippen molar-refractivity contribution in [2.75, 3.05) is 0 Å². The molecule has 2 aliphatic carbocycles. The molecule has 0 radical (unpaired) electrons. The Hall–Kier alpha value is -3.10. The van der Waals surface area contributed by atoms with E-state index < -0.39 is 11.4 Å². The van der Waals surface area contributed by atoms with E-state index in [1.807, 2.05) is 13.8 Å². The van der Waals surface area contributed by atoms with E-state index in [9.17, 15) is 23.9 Å². The minimum absolute atomic E-state index is 0.0575. The molecule has 0 bridgehead atoms. The lowest BCUT2D eigenvalue weighted by Gasteiger charge is -2.32. The fraction of sp³-hybridized carbons (Fsp3) is 0.448. The summed E-state index contributed by atoms with van der Waals surface area (Å²) in [6.45, 7) is 5.92. The molecule has 2 atom stereocenters. The standard InChI is InChI=1S/C29H29ClFN3O4/c1-4-29(38)17-10-21-27-16(12-34(21)28(37)14(17)6-8-22(29)35)25-19(32-23(36)9-13(2)3)7-5-15-24(25)20(33-27)11-18(31)26(15)30/h10-11,13,19,38H,4-9,12H2,1-3H3,(H,32,36)/t19-,29+/m1/s1. The molecule has 0 fully saturated rings. The molecule has 1 aromatic carbocycles. The van der Waals surface area contributed by atoms with Gasteiger partial charge >= 0.3 is 0 Å². The zero-order valence-electron chi connectivity index (χ0n) is 21.6. The Labute approximate surface area is 224 Å². The Morgan fingerprint density at radius 1 is 1.24 bits per heavy atom. The van der Waals surface area contributed by atoms with Gasteiger partial charge < -0.3 is 15.0 Å². The number of halogens is 2. The Morgan fingerprint density at radius 3 is 2.71 bits per heavy atom. The fourth-order valence-corrected chi connectivity index (χ4v) is 6.75. The highest BCUT2D eigenvalue weighted by Crippen LogP contribution is 2.46. The highest BCUT2D eigenvalue weighted by atomic mass is 35.5. The predicted molar refractivity (Wildman–Crippen MR) is 142 cm³/mol. The van der Waals surface area contributed by atoms with Gasteiger partial charge in [0.1, 0.15) is 11.4 Å². The van der Waals surface area contributed by atoms with Gasteiger partial charge in [-0.1, -0.05) is 32.4 Å². The summed E-state index contributed by atoms with van der Waals surface area (Å²) in [6, 6.07) is 2.66. The lowest BCUT2D eigenvalue weighted by atomic mass is 9.77. The molecule has 0 unspecified atom stereocenters. The van der Waals surface area contributed by atoms with Crippen molar-refractivity contribution in [1.82, 2.24) is 14.9 Å². The number of rotatable bonds is 4. The molecular weight excluding hydrogens is 509 g/mol. The Morgan fingerprint density at radius 2 is 2.00 bits per heavy atom. The number of Topliss-reactive ketones (excluding diaryl/α,β-unsaturated/α-hetero) is 1. The number of aryl methyl sites for hydroxylation is 1. The normalized spacial score (nSPS) is 21.4. The van der Waals surface area contributed by atoms with Crippen LogP contribution in [0.5, 0.6) is 0 Å². The zero-order chi connectivity index (χ0) is 27.1. The number of aromatic nitrogens is 2. The Balaban J connectivity index is 1.61. The second-order valence-electron chi connectivity index (χ2n) is 11.1. The maximum Gasteiger partial charge on any atom is 0.254 e. The van der Waals surface area contributed by atoms with Crippen LogP contribution in [0.25, 0.3) is 22.3 Å². The number of amides is 1. The van der Waals surface area contributed by atoms with Crippen molar-refractivity contribution in [2.45, 2.75) is 77.5 Å². The molecule has 2 N–H and O–H groups in total. The second-order valence-corrected chi connectivity index (χ2v) is 11.5. The molecule has 1 amide bonds. The second kappa shape index (κ2) is 8.71. The van der Waals surface area contributed by atoms with Gasteiger partial charge in [0.15, 0.2) is 5.78 Å². The molecule has 38 heavy (non-hydrogen) atoms. The van der Waals surface area contributed by atoms with E-state index in [0.717, 1.165) is 16.5 Å². The fourth-order valence-electron chi connectivity index (χ4n) is 6.51. The number of ketones is 1. The smallest absolute Gasteiger partial charge is 0.254 e. The number of nitrogens with zero attached hydrogens (tertiary/aromatic N) is 2. The van der Waals surface area contributed by atoms with Crippen LogP contribution in [0.1, 0.15) is 80.3 Å². The third kappa shape index (κ3) is 3.49. The van der Waals surface area contributed by atoms with Gasteiger partial charge in [0, 0.05) is 41.0 Å². The largest absolute Gasteiger partial charge is 0.377 e. The molecule has 3 aromatic rings. The van der Waals surface area contributed by atoms with Crippen molar-refractivity contribution in [3.8, 4) is 11.4 Å². The number of carbonyl (C=O) groups excluding carboxylic acids is 2. The van der Waals surface area contributed by atoms with Gasteiger partial charge in [0.05, 0.1) is 34.5 Å². The minimum atomic E-state index is -1.73. The average molecular weight is 538 g/mol. The van der Waals surface area contributed by atoms with E-state index in [0.29, 0.717) is 52.9 Å². The van der Waals surface area contributed by atoms with Crippen molar-refractivity contribution >= 4 is 34.2 Å². The van der Waals surface area contributed by atoms with Crippen molar-refractivity contribution in [3.63, 3.8) is 0 Å². The van der Waals surface area contributed by atoms with E-state index in [4.69, 9.17) is 16.6 Å². The van der Waals surface area contributed by atoms with E-state index in [-0.39, 0.29) is 60.0 Å². The third-order valence-electron chi connectivity index (χ3n) is 8.35. The number of benzene rings is 1. The molecule has 0 spiro atoms. The summed E-state index contributed by atoms with van der Waals surface area (Å²) in [7, 11) is 0. The zero-order valence-corrected chi connectivity index (χ0v) is 22.3. The van der Waals surface area contributed by atoms with Crippen LogP contribution in [0.3, 0.4) is 0 Å². The van der Waals surface area contributed by atoms with Crippen molar-refractivity contribution in [3.05, 3.63) is 61.1 Å². The topological polar surface area (TPSA) is 101 Å². The van der Waals surface area contributed by atoms with E-state index in [2.05, 4.69) is 5.32 Å². The van der Waals surface area contributed by atoms with E-state index in [1.165, 1.54) is 6.07 Å². The van der Waals surface area contributed by atoms with Gasteiger partial charge in [-0.2, -0.15) is 0 Å². The minimum Gasteiger partial charge on any atom is -0.377 e. The maximum absolute atomic E-state index is 14.9. The van der Waals surface area contributed by atoms with Crippen LogP contribution in [0.15, 0.2) is 16.9 Å². The van der Waals surface area contributed by atoms with Gasteiger partial charge in [-0.05, 0) is 48.8 Å². The molecule has 3 aliphatic rings. The lowest BCUT2D eigenvalue weighted by molar-refractivity contribution is -0.140. The summed E-state index contributed by atoms with van der Waals surface area (Å²) in [6.07, 6.45) is 1.93. The first-order chi connectivity index (χ1) is 18.0. The van der Waals surface area contributed by atoms with Crippen LogP contribution in [-0.4, -0.2) is 26.3 Å². The molecule has 0 saturated heterocycles. The Kier molecular flexibility index (Phi) is 5.78. The quantitative estimate of drug-likeness (QED) is 0.400. The van der Waals surface area contributed by atoms with Crippen LogP contribution in [0, 0.1) is 11.7 Å². The SMILES string of the molecule is CC[C@@]1(O)C(=O)CCc2c1cc1n(c2=O)Cc2c-1nc1cc(F)c(Cl)c3c1c2[C@H](NC(=O)CC(C)C)CC3. The number of hydrogen-bond acceptors (Lipinski definition) is 5. The highest BCUT2D eigenvalue weighted by molar-refractivity contribution is 6.32. The van der Waals surface area contributed by atoms with Crippen LogP contribution in [0.2, 0.25) is 5.02 Å². The first-order valence-electron chi connectivity index (χ1n) is 13.2. The third-order valence-corrected chi connectivity index (χ3v) is 8.76. The van der Waals surface area contributed by atoms with E-state index >= 15 is 0 Å². The van der Waals surface area contributed by atoms with Crippen molar-refractivity contribution in [2.24, 2.45) is 5.92 Å². The maximum atomic E-state index is 14.9. The number of aliphatic hydroxyl groups is 1. The summed E-state index contributed by atoms with van der Waals surface area (Å²) in [5, 5.41) is 15.2. The summed E-state index contributed by atoms with van der Waals surface area (Å²) >= 11 is 6.41. The summed E-state index contributed by atoms with van der Waals surface area (Å²) in [4.78, 5) is 44.1. The average Bonchev–Trinajstić information content (AvgIpc) is 3.24. The molecular formula is C29H29ClFN3O4. The van der Waals surface area contributed by atoms with Gasteiger partial charge in [-0.3, -0.25) is 14.4 Å². The molecule has 6 rings (SSSR count). The van der Waals surface area contributed by atoms with Gasteiger partial charge in [0.2, 0.25) is 5.91 Å². The van der Waals surface area contributed by atoms with Crippen molar-refractivity contribution < 1.29 is 19.1 Å². The molecule has 9 heteroatoms. The summed E-state index contributed by atoms with van der Waals surface area (Å²) in [5.74, 6) is -0.755. The first kappa shape index (κ1) is 25.2. The molecule has 198 valence electrons. The summed E-state index contributed by atoms with van der Waals surface area (Å²) in [5.41, 5.74) is 2.44.